The number of nitrogens with one attached hydrogen (secondary N) is 2. The van der Waals surface area contributed by atoms with Gasteiger partial charge in [-0.15, -0.1) is 11.3 Å². The highest BCUT2D eigenvalue weighted by Gasteiger charge is 2.10. The average Bonchev–Trinajstić information content (AvgIpc) is 3.01. The molecule has 19 heavy (non-hydrogen) atoms. The van der Waals surface area contributed by atoms with Crippen LogP contribution >= 0.6 is 11.3 Å². The monoisotopic (exact) mass is 272 g/mol. The minimum absolute atomic E-state index is 0.175. The molecule has 0 bridgehead atoms. The fraction of sp³-hybridized carbons (Fsp3) is 0.286. The predicted molar refractivity (Wildman–Crippen MR) is 78.2 cm³/mol. The van der Waals surface area contributed by atoms with Crippen LogP contribution in [0, 0.1) is 6.92 Å². The lowest BCUT2D eigenvalue weighted by atomic mass is 10.3. The molecule has 0 saturated carbocycles. The van der Waals surface area contributed by atoms with Crippen molar-refractivity contribution in [2.45, 2.75) is 26.4 Å². The lowest BCUT2D eigenvalue weighted by Gasteiger charge is -2.09. The second-order valence-electron chi connectivity index (χ2n) is 4.60. The molecule has 1 aromatic carbocycles. The van der Waals surface area contributed by atoms with Crippen molar-refractivity contribution in [3.63, 3.8) is 0 Å². The highest BCUT2D eigenvalue weighted by atomic mass is 32.1. The Bertz CT molecular complexity index is 652. The van der Waals surface area contributed by atoms with Gasteiger partial charge in [-0.2, -0.15) is 0 Å². The van der Waals surface area contributed by atoms with Gasteiger partial charge in [0.2, 0.25) is 0 Å². The number of rotatable bonds is 4. The van der Waals surface area contributed by atoms with Gasteiger partial charge in [0, 0.05) is 11.9 Å². The molecule has 0 radical (unpaired) electrons. The Morgan fingerprint density at radius 3 is 2.89 bits per heavy atom. The van der Waals surface area contributed by atoms with E-state index in [1.807, 2.05) is 31.2 Å². The molecule has 0 aliphatic carbocycles. The summed E-state index contributed by atoms with van der Waals surface area (Å²) in [6.45, 7) is 4.90. The number of nitrogens with zero attached hydrogens (tertiary/aromatic N) is 2. The molecule has 3 rings (SSSR count). The molecule has 0 amide bonds. The Morgan fingerprint density at radius 1 is 1.32 bits per heavy atom. The van der Waals surface area contributed by atoms with E-state index in [0.717, 1.165) is 34.1 Å². The van der Waals surface area contributed by atoms with E-state index in [4.69, 9.17) is 0 Å². The van der Waals surface area contributed by atoms with E-state index < -0.39 is 0 Å². The summed E-state index contributed by atoms with van der Waals surface area (Å²) < 4.78 is 0. The minimum atomic E-state index is 0.175. The molecule has 98 valence electrons. The van der Waals surface area contributed by atoms with Crippen molar-refractivity contribution >= 4 is 22.4 Å². The second-order valence-corrected chi connectivity index (χ2v) is 5.66. The van der Waals surface area contributed by atoms with Gasteiger partial charge in [-0.3, -0.25) is 0 Å². The molecule has 0 saturated heterocycles. The number of hydrogen-bond donors (Lipinski definition) is 2. The first kappa shape index (κ1) is 12.3. The Morgan fingerprint density at radius 2 is 2.16 bits per heavy atom. The summed E-state index contributed by atoms with van der Waals surface area (Å²) in [5.74, 6) is 0.966. The maximum absolute atomic E-state index is 4.59. The average molecular weight is 272 g/mol. The van der Waals surface area contributed by atoms with Gasteiger partial charge in [-0.25, -0.2) is 9.97 Å². The molecule has 5 heteroatoms. The van der Waals surface area contributed by atoms with Crippen molar-refractivity contribution in [3.05, 3.63) is 46.2 Å². The van der Waals surface area contributed by atoms with E-state index >= 15 is 0 Å². The number of hydrogen-bond acceptors (Lipinski definition) is 4. The predicted octanol–water partition coefficient (Wildman–Crippen LogP) is 3.18. The van der Waals surface area contributed by atoms with Gasteiger partial charge in [0.25, 0.3) is 0 Å². The summed E-state index contributed by atoms with van der Waals surface area (Å²) in [5, 5.41) is 6.64. The van der Waals surface area contributed by atoms with Crippen molar-refractivity contribution in [2.24, 2.45) is 0 Å². The number of fused-ring (bicyclic) bond motifs is 1. The van der Waals surface area contributed by atoms with Crippen LogP contribution in [0.1, 0.15) is 29.5 Å². The highest BCUT2D eigenvalue weighted by Crippen LogP contribution is 2.16. The van der Waals surface area contributed by atoms with Gasteiger partial charge in [-0.05, 0) is 26.0 Å². The van der Waals surface area contributed by atoms with E-state index in [9.17, 15) is 0 Å². The van der Waals surface area contributed by atoms with Crippen LogP contribution in [-0.2, 0) is 6.54 Å². The Labute approximate surface area is 115 Å². The molecule has 2 aromatic heterocycles. The molecule has 2 N–H and O–H groups in total. The van der Waals surface area contributed by atoms with Crippen LogP contribution in [0.15, 0.2) is 29.6 Å². The molecule has 0 aliphatic rings. The largest absolute Gasteiger partial charge is 0.341 e. The lowest BCUT2D eigenvalue weighted by Crippen LogP contribution is -2.19. The summed E-state index contributed by atoms with van der Waals surface area (Å²) in [6, 6.07) is 8.26. The molecule has 0 fully saturated rings. The smallest absolute Gasteiger partial charge is 0.124 e. The highest BCUT2D eigenvalue weighted by molar-refractivity contribution is 7.09. The summed E-state index contributed by atoms with van der Waals surface area (Å²) >= 11 is 1.68. The third-order valence-corrected chi connectivity index (χ3v) is 3.90. The van der Waals surface area contributed by atoms with Gasteiger partial charge in [0.1, 0.15) is 5.82 Å². The van der Waals surface area contributed by atoms with Crippen molar-refractivity contribution in [1.29, 1.82) is 0 Å². The molecule has 3 aromatic rings. The molecular formula is C14H16N4S. The molecule has 1 unspecified atom stereocenters. The molecule has 0 aliphatic heterocycles. The maximum Gasteiger partial charge on any atom is 0.124 e. The van der Waals surface area contributed by atoms with Crippen LogP contribution in [0.4, 0.5) is 0 Å². The van der Waals surface area contributed by atoms with E-state index in [-0.39, 0.29) is 6.04 Å². The third kappa shape index (κ3) is 2.67. The van der Waals surface area contributed by atoms with E-state index in [2.05, 4.69) is 32.6 Å². The number of benzene rings is 1. The SMILES string of the molecule is Cc1nc(CNC(C)c2nc3ccccc3[nH]2)cs1. The quantitative estimate of drug-likeness (QED) is 0.767. The van der Waals surface area contributed by atoms with Gasteiger partial charge in [0.05, 0.1) is 27.8 Å². The number of imidazole rings is 1. The molecule has 4 nitrogen and oxygen atoms in total. The summed E-state index contributed by atoms with van der Waals surface area (Å²) in [6.07, 6.45) is 0. The first-order valence-electron chi connectivity index (χ1n) is 6.31. The number of para-hydroxylation sites is 2. The standard InChI is InChI=1S/C14H16N4S/c1-9(15-7-11-8-19-10(2)16-11)14-17-12-5-3-4-6-13(12)18-14/h3-6,8-9,15H,7H2,1-2H3,(H,17,18). The van der Waals surface area contributed by atoms with Gasteiger partial charge >= 0.3 is 0 Å². The maximum atomic E-state index is 4.59. The fourth-order valence-corrected chi connectivity index (χ4v) is 2.63. The molecule has 1 atom stereocenters. The van der Waals surface area contributed by atoms with E-state index in [0.29, 0.717) is 0 Å². The van der Waals surface area contributed by atoms with Crippen LogP contribution in [0.25, 0.3) is 11.0 Å². The zero-order valence-corrected chi connectivity index (χ0v) is 11.8. The first-order chi connectivity index (χ1) is 9.22. The number of aromatic nitrogens is 3. The summed E-state index contributed by atoms with van der Waals surface area (Å²) in [5.41, 5.74) is 3.18. The molecular weight excluding hydrogens is 256 g/mol. The minimum Gasteiger partial charge on any atom is -0.341 e. The van der Waals surface area contributed by atoms with Gasteiger partial charge in [-0.1, -0.05) is 12.1 Å². The number of aromatic amines is 1. The molecule has 2 heterocycles. The van der Waals surface area contributed by atoms with E-state index in [1.165, 1.54) is 0 Å². The number of aryl methyl sites for hydroxylation is 1. The van der Waals surface area contributed by atoms with Crippen LogP contribution in [0.3, 0.4) is 0 Å². The zero-order chi connectivity index (χ0) is 13.2. The zero-order valence-electron chi connectivity index (χ0n) is 11.0. The topological polar surface area (TPSA) is 53.6 Å². The Kier molecular flexibility index (Phi) is 3.31. The van der Waals surface area contributed by atoms with Crippen molar-refractivity contribution in [2.75, 3.05) is 0 Å². The first-order valence-corrected chi connectivity index (χ1v) is 7.19. The number of H-pyrrole nitrogens is 1. The lowest BCUT2D eigenvalue weighted by molar-refractivity contribution is 0.547. The Balaban J connectivity index is 1.71. The van der Waals surface area contributed by atoms with Gasteiger partial charge in [0.15, 0.2) is 0 Å². The summed E-state index contributed by atoms with van der Waals surface area (Å²) in [4.78, 5) is 12.4. The second kappa shape index (κ2) is 5.11. The number of thiazole rings is 1. The Hall–Kier alpha value is -1.72. The third-order valence-electron chi connectivity index (χ3n) is 3.07. The van der Waals surface area contributed by atoms with Crippen molar-refractivity contribution in [1.82, 2.24) is 20.3 Å². The van der Waals surface area contributed by atoms with Crippen LogP contribution in [0.2, 0.25) is 0 Å². The van der Waals surface area contributed by atoms with Crippen LogP contribution < -0.4 is 5.32 Å². The van der Waals surface area contributed by atoms with Crippen LogP contribution in [-0.4, -0.2) is 15.0 Å². The fourth-order valence-electron chi connectivity index (χ4n) is 2.02. The molecule has 0 spiro atoms. The van der Waals surface area contributed by atoms with Gasteiger partial charge < -0.3 is 10.3 Å². The van der Waals surface area contributed by atoms with Crippen molar-refractivity contribution < 1.29 is 0 Å². The van der Waals surface area contributed by atoms with Crippen molar-refractivity contribution in [3.8, 4) is 0 Å². The summed E-state index contributed by atoms with van der Waals surface area (Å²) in [7, 11) is 0. The normalized spacial score (nSPS) is 12.9. The van der Waals surface area contributed by atoms with Crippen LogP contribution in [0.5, 0.6) is 0 Å². The van der Waals surface area contributed by atoms with E-state index in [1.54, 1.807) is 11.3 Å².